The van der Waals surface area contributed by atoms with E-state index in [0.717, 1.165) is 10.7 Å². The van der Waals surface area contributed by atoms with E-state index in [-0.39, 0.29) is 0 Å². The summed E-state index contributed by atoms with van der Waals surface area (Å²) in [6, 6.07) is 6.13. The Balaban J connectivity index is 2.23. The molecular weight excluding hydrogens is 335 g/mol. The number of aromatic nitrogens is 2. The van der Waals surface area contributed by atoms with Crippen LogP contribution in [0.25, 0.3) is 0 Å². The van der Waals surface area contributed by atoms with E-state index in [1.807, 2.05) is 5.43 Å². The number of nitrogens with zero attached hydrogens (tertiary/aromatic N) is 2. The minimum atomic E-state index is -0.649. The summed E-state index contributed by atoms with van der Waals surface area (Å²) >= 11 is 13.3. The lowest BCUT2D eigenvalue weighted by Crippen LogP contribution is -2.47. The molecule has 1 aromatic heterocycles. The lowest BCUT2D eigenvalue weighted by atomic mass is 10.3. The van der Waals surface area contributed by atoms with E-state index in [1.54, 1.807) is 24.3 Å². The van der Waals surface area contributed by atoms with Crippen LogP contribution in [0.2, 0.25) is 10.2 Å². The van der Waals surface area contributed by atoms with Crippen molar-refractivity contribution in [3.8, 4) is 0 Å². The highest BCUT2D eigenvalue weighted by Gasteiger charge is 2.17. The molecule has 0 unspecified atom stereocenters. The van der Waals surface area contributed by atoms with Crippen molar-refractivity contribution in [1.29, 1.82) is 0 Å². The van der Waals surface area contributed by atoms with E-state index in [4.69, 9.17) is 34.9 Å². The Hall–Kier alpha value is -1.45. The number of hydrazine groups is 2. The number of H-pyrrole nitrogens is 1. The van der Waals surface area contributed by atoms with Crippen molar-refractivity contribution < 1.29 is 4.79 Å². The third-order valence-electron chi connectivity index (χ3n) is 2.52. The maximum absolute atomic E-state index is 11.5. The van der Waals surface area contributed by atoms with Crippen LogP contribution in [0.1, 0.15) is 5.69 Å². The van der Waals surface area contributed by atoms with Gasteiger partial charge in [0.05, 0.1) is 15.6 Å². The van der Waals surface area contributed by atoms with Gasteiger partial charge in [0.1, 0.15) is 0 Å². The molecule has 112 valence electrons. The molecular formula is C11H12Cl2N6OS. The zero-order valence-electron chi connectivity index (χ0n) is 10.6. The fourth-order valence-electron chi connectivity index (χ4n) is 1.57. The molecule has 2 aromatic rings. The molecule has 21 heavy (non-hydrogen) atoms. The number of anilines is 1. The molecule has 2 rings (SSSR count). The summed E-state index contributed by atoms with van der Waals surface area (Å²) < 4.78 is 0. The smallest absolute Gasteiger partial charge is 0.280 e. The molecule has 0 aliphatic heterocycles. The summed E-state index contributed by atoms with van der Waals surface area (Å²) in [7, 11) is 0. The molecule has 0 saturated carbocycles. The number of hydrogen-bond donors (Lipinski definition) is 4. The van der Waals surface area contributed by atoms with Gasteiger partial charge in [0.2, 0.25) is 0 Å². The van der Waals surface area contributed by atoms with Gasteiger partial charge in [-0.05, 0) is 18.2 Å². The number of rotatable bonds is 4. The van der Waals surface area contributed by atoms with Crippen LogP contribution >= 0.6 is 35.0 Å². The van der Waals surface area contributed by atoms with Crippen LogP contribution < -0.4 is 22.1 Å². The molecule has 0 aliphatic rings. The molecule has 0 saturated heterocycles. The van der Waals surface area contributed by atoms with Crippen LogP contribution in [0.3, 0.4) is 0 Å². The molecule has 0 fully saturated rings. The summed E-state index contributed by atoms with van der Waals surface area (Å²) in [5.41, 5.74) is 3.23. The normalized spacial score (nSPS) is 10.5. The van der Waals surface area contributed by atoms with Gasteiger partial charge in [-0.25, -0.2) is 21.5 Å². The van der Waals surface area contributed by atoms with Gasteiger partial charge in [-0.15, -0.1) is 11.8 Å². The predicted molar refractivity (Wildman–Crippen MR) is 84.0 cm³/mol. The number of nitrogens with one attached hydrogen (secondary N) is 2. The van der Waals surface area contributed by atoms with Gasteiger partial charge in [-0.2, -0.15) is 5.10 Å². The number of amides is 2. The summed E-state index contributed by atoms with van der Waals surface area (Å²) in [5.74, 6) is 11.3. The number of thioether (sulfide) groups is 1. The lowest BCUT2D eigenvalue weighted by molar-refractivity contribution is 0.246. The van der Waals surface area contributed by atoms with Crippen molar-refractivity contribution in [2.45, 2.75) is 10.6 Å². The fourth-order valence-corrected chi connectivity index (χ4v) is 3.04. The van der Waals surface area contributed by atoms with Gasteiger partial charge in [0.25, 0.3) is 0 Å². The van der Waals surface area contributed by atoms with Crippen LogP contribution in [-0.2, 0) is 5.75 Å². The van der Waals surface area contributed by atoms with E-state index in [2.05, 4.69) is 10.2 Å². The molecule has 1 heterocycles. The number of carbonyl (C=O) groups excluding carboxylic acids is 1. The molecule has 7 nitrogen and oxygen atoms in total. The summed E-state index contributed by atoms with van der Waals surface area (Å²) in [6.45, 7) is 0. The average molecular weight is 347 g/mol. The second-order valence-corrected chi connectivity index (χ2v) is 5.69. The van der Waals surface area contributed by atoms with Gasteiger partial charge in [0, 0.05) is 11.4 Å². The third kappa shape index (κ3) is 3.80. The Bertz CT molecular complexity index is 649. The lowest BCUT2D eigenvalue weighted by Gasteiger charge is -2.19. The largest absolute Gasteiger partial charge is 0.350 e. The Morgan fingerprint density at radius 3 is 2.86 bits per heavy atom. The number of hydrogen-bond acceptors (Lipinski definition) is 5. The molecule has 0 radical (unpaired) electrons. The average Bonchev–Trinajstić information content (AvgIpc) is 2.89. The molecule has 0 bridgehead atoms. The zero-order valence-corrected chi connectivity index (χ0v) is 13.0. The van der Waals surface area contributed by atoms with E-state index in [9.17, 15) is 4.79 Å². The van der Waals surface area contributed by atoms with Crippen LogP contribution in [0.15, 0.2) is 29.2 Å². The topological polar surface area (TPSA) is 113 Å². The Labute approximate surface area is 134 Å². The Morgan fingerprint density at radius 2 is 2.24 bits per heavy atom. The van der Waals surface area contributed by atoms with Crippen molar-refractivity contribution in [2.24, 2.45) is 11.7 Å². The van der Waals surface area contributed by atoms with Gasteiger partial charge in [-0.3, -0.25) is 10.5 Å². The van der Waals surface area contributed by atoms with Crippen LogP contribution in [0, 0.1) is 0 Å². The Kier molecular flexibility index (Phi) is 5.32. The summed E-state index contributed by atoms with van der Waals surface area (Å²) in [6.07, 6.45) is 0. The monoisotopic (exact) mass is 346 g/mol. The number of carbonyl (C=O) groups is 1. The fraction of sp³-hybridized carbons (Fsp3) is 0.0909. The number of urea groups is 1. The number of nitrogens with two attached hydrogens (primary N) is 2. The summed E-state index contributed by atoms with van der Waals surface area (Å²) in [5, 5.41) is 8.37. The number of benzene rings is 1. The first kappa shape index (κ1) is 15.9. The quantitative estimate of drug-likeness (QED) is 0.293. The van der Waals surface area contributed by atoms with Crippen LogP contribution in [0.4, 0.5) is 10.5 Å². The predicted octanol–water partition coefficient (Wildman–Crippen LogP) is 2.27. The number of halogens is 2. The van der Waals surface area contributed by atoms with Crippen molar-refractivity contribution in [1.82, 2.24) is 15.6 Å². The van der Waals surface area contributed by atoms with Crippen LogP contribution in [0.5, 0.6) is 0 Å². The van der Waals surface area contributed by atoms with Gasteiger partial charge in [0.15, 0.2) is 5.15 Å². The van der Waals surface area contributed by atoms with Gasteiger partial charge < -0.3 is 0 Å². The first-order valence-corrected chi connectivity index (χ1v) is 7.43. The minimum Gasteiger partial charge on any atom is -0.280 e. The molecule has 0 spiro atoms. The van der Waals surface area contributed by atoms with Gasteiger partial charge in [-0.1, -0.05) is 29.3 Å². The second kappa shape index (κ2) is 7.01. The van der Waals surface area contributed by atoms with E-state index in [0.29, 0.717) is 26.5 Å². The third-order valence-corrected chi connectivity index (χ3v) is 4.31. The maximum Gasteiger partial charge on any atom is 0.350 e. The molecule has 2 amide bonds. The first-order valence-electron chi connectivity index (χ1n) is 5.69. The first-order chi connectivity index (χ1) is 10.0. The maximum atomic E-state index is 11.5. The van der Waals surface area contributed by atoms with Crippen molar-refractivity contribution >= 4 is 46.7 Å². The number of aromatic amines is 1. The molecule has 0 aliphatic carbocycles. The zero-order chi connectivity index (χ0) is 15.4. The highest BCUT2D eigenvalue weighted by molar-refractivity contribution is 7.98. The molecule has 0 atom stereocenters. The highest BCUT2D eigenvalue weighted by atomic mass is 35.5. The SMILES string of the molecule is NNC(=O)N(N)c1cccc(Cl)c1SCc1cc(Cl)n[nH]1. The van der Waals surface area contributed by atoms with Crippen molar-refractivity contribution in [3.05, 3.63) is 40.1 Å². The highest BCUT2D eigenvalue weighted by Crippen LogP contribution is 2.37. The standard InChI is InChI=1S/C11H12Cl2N6OS/c12-7-2-1-3-8(19(15)11(20)16-14)10(7)21-5-6-4-9(13)18-17-6/h1-4H,5,14-15H2,(H,16,20)(H,17,18). The molecule has 1 aromatic carbocycles. The molecule has 10 heteroatoms. The van der Waals surface area contributed by atoms with E-state index < -0.39 is 6.03 Å². The second-order valence-electron chi connectivity index (χ2n) is 3.91. The Morgan fingerprint density at radius 1 is 1.48 bits per heavy atom. The van der Waals surface area contributed by atoms with Gasteiger partial charge >= 0.3 is 6.03 Å². The van der Waals surface area contributed by atoms with Crippen LogP contribution in [-0.4, -0.2) is 16.2 Å². The summed E-state index contributed by atoms with van der Waals surface area (Å²) in [4.78, 5) is 12.2. The minimum absolute atomic E-state index is 0.382. The van der Waals surface area contributed by atoms with E-state index >= 15 is 0 Å². The van der Waals surface area contributed by atoms with E-state index in [1.165, 1.54) is 11.8 Å². The molecule has 6 N–H and O–H groups in total. The van der Waals surface area contributed by atoms with Crippen molar-refractivity contribution in [2.75, 3.05) is 5.01 Å². The van der Waals surface area contributed by atoms with Crippen molar-refractivity contribution in [3.63, 3.8) is 0 Å².